The van der Waals surface area contributed by atoms with Gasteiger partial charge in [-0.15, -0.1) is 0 Å². The highest BCUT2D eigenvalue weighted by atomic mass is 16.2. The number of aryl methyl sites for hydroxylation is 1. The van der Waals surface area contributed by atoms with Crippen molar-refractivity contribution in [2.24, 2.45) is 0 Å². The van der Waals surface area contributed by atoms with Gasteiger partial charge in [0, 0.05) is 45.6 Å². The van der Waals surface area contributed by atoms with Gasteiger partial charge in [-0.05, 0) is 6.42 Å². The van der Waals surface area contributed by atoms with Crippen molar-refractivity contribution in [3.05, 3.63) is 18.2 Å². The molecule has 1 atom stereocenters. The highest BCUT2D eigenvalue weighted by Gasteiger charge is 2.41. The highest BCUT2D eigenvalue weighted by Crippen LogP contribution is 2.18. The maximum absolute atomic E-state index is 12.3. The molecule has 7 heteroatoms. The molecule has 0 unspecified atom stereocenters. The Morgan fingerprint density at radius 2 is 2.14 bits per heavy atom. The molecule has 1 aromatic heterocycles. The van der Waals surface area contributed by atoms with Gasteiger partial charge in [-0.2, -0.15) is 0 Å². The molecule has 22 heavy (non-hydrogen) atoms. The lowest BCUT2D eigenvalue weighted by Gasteiger charge is -2.45. The third kappa shape index (κ3) is 2.72. The Bertz CT molecular complexity index is 570. The molecule has 0 aromatic carbocycles. The Hall–Kier alpha value is -1.89. The van der Waals surface area contributed by atoms with Crippen LogP contribution in [0.25, 0.3) is 0 Å². The molecular weight excluding hydrogens is 282 g/mol. The number of aromatic nitrogens is 2. The number of fused-ring (bicyclic) bond motifs is 1. The van der Waals surface area contributed by atoms with Gasteiger partial charge in [-0.3, -0.25) is 14.5 Å². The van der Waals surface area contributed by atoms with Gasteiger partial charge in [0.25, 0.3) is 0 Å². The van der Waals surface area contributed by atoms with E-state index in [9.17, 15) is 9.59 Å². The zero-order chi connectivity index (χ0) is 15.7. The number of amides is 2. The summed E-state index contributed by atoms with van der Waals surface area (Å²) in [5.41, 5.74) is 0. The van der Waals surface area contributed by atoms with Crippen molar-refractivity contribution < 1.29 is 9.59 Å². The lowest BCUT2D eigenvalue weighted by molar-refractivity contribution is -0.158. The van der Waals surface area contributed by atoms with Crippen molar-refractivity contribution >= 4 is 11.8 Å². The number of carbonyl (C=O) groups excluding carboxylic acids is 2. The number of hydrogen-bond acceptors (Lipinski definition) is 4. The molecule has 0 spiro atoms. The molecule has 0 bridgehead atoms. The minimum absolute atomic E-state index is 0.0428. The van der Waals surface area contributed by atoms with Gasteiger partial charge in [-0.25, -0.2) is 4.98 Å². The number of piperazine rings is 2. The fourth-order valence-electron chi connectivity index (χ4n) is 3.26. The predicted octanol–water partition coefficient (Wildman–Crippen LogP) is -0.222. The molecule has 120 valence electrons. The third-order valence-corrected chi connectivity index (χ3v) is 4.45. The van der Waals surface area contributed by atoms with Crippen LogP contribution in [-0.2, 0) is 22.7 Å². The van der Waals surface area contributed by atoms with Crippen molar-refractivity contribution in [2.45, 2.75) is 32.5 Å². The van der Waals surface area contributed by atoms with Crippen LogP contribution in [0.1, 0.15) is 19.2 Å². The molecule has 7 nitrogen and oxygen atoms in total. The topological polar surface area (TPSA) is 61.7 Å². The van der Waals surface area contributed by atoms with E-state index in [1.54, 1.807) is 11.9 Å². The van der Waals surface area contributed by atoms with Gasteiger partial charge in [-0.1, -0.05) is 6.92 Å². The fourth-order valence-corrected chi connectivity index (χ4v) is 3.26. The van der Waals surface area contributed by atoms with E-state index >= 15 is 0 Å². The van der Waals surface area contributed by atoms with E-state index in [1.165, 1.54) is 4.90 Å². The number of likely N-dealkylation sites (N-methyl/N-ethyl adjacent to an activating group) is 1. The number of rotatable bonds is 4. The zero-order valence-corrected chi connectivity index (χ0v) is 13.2. The first-order valence-electron chi connectivity index (χ1n) is 7.87. The van der Waals surface area contributed by atoms with Crippen molar-refractivity contribution in [3.8, 4) is 0 Å². The minimum Gasteiger partial charge on any atom is -0.335 e. The highest BCUT2D eigenvalue weighted by molar-refractivity contribution is 5.95. The second kappa shape index (κ2) is 6.08. The normalized spacial score (nSPS) is 23.1. The molecule has 0 N–H and O–H groups in total. The standard InChI is InChI=1S/C15H23N5O2/c1-3-5-19-6-4-16-13(19)10-18-7-8-20-12(9-18)15(22)17(2)11-14(20)21/h4,6,12H,3,5,7-11H2,1-2H3/t12-/m0/s1. The average Bonchev–Trinajstić information content (AvgIpc) is 2.92. The first kappa shape index (κ1) is 15.0. The van der Waals surface area contributed by atoms with Gasteiger partial charge in [0.05, 0.1) is 13.1 Å². The lowest BCUT2D eigenvalue weighted by atomic mass is 10.1. The number of nitrogens with zero attached hydrogens (tertiary/aromatic N) is 5. The molecular formula is C15H23N5O2. The maximum atomic E-state index is 12.3. The SMILES string of the molecule is CCCn1ccnc1CN1CCN2C(=O)CN(C)C(=O)[C@@H]2C1. The minimum atomic E-state index is -0.338. The van der Waals surface area contributed by atoms with E-state index < -0.39 is 0 Å². The van der Waals surface area contributed by atoms with Crippen molar-refractivity contribution in [1.29, 1.82) is 0 Å². The first-order valence-corrected chi connectivity index (χ1v) is 7.87. The van der Waals surface area contributed by atoms with Crippen molar-refractivity contribution in [2.75, 3.05) is 33.2 Å². The summed E-state index contributed by atoms with van der Waals surface area (Å²) in [4.78, 5) is 34.3. The van der Waals surface area contributed by atoms with Crippen LogP contribution in [0.3, 0.4) is 0 Å². The van der Waals surface area contributed by atoms with Crippen molar-refractivity contribution in [3.63, 3.8) is 0 Å². The Kier molecular flexibility index (Phi) is 4.15. The molecule has 2 aliphatic heterocycles. The van der Waals surface area contributed by atoms with Crippen molar-refractivity contribution in [1.82, 2.24) is 24.3 Å². The van der Waals surface area contributed by atoms with E-state index in [0.29, 0.717) is 13.1 Å². The smallest absolute Gasteiger partial charge is 0.246 e. The van der Waals surface area contributed by atoms with E-state index in [1.807, 2.05) is 12.4 Å². The summed E-state index contributed by atoms with van der Waals surface area (Å²) in [5.74, 6) is 1.12. The Morgan fingerprint density at radius 1 is 1.32 bits per heavy atom. The van der Waals surface area contributed by atoms with Crippen LogP contribution in [0.4, 0.5) is 0 Å². The van der Waals surface area contributed by atoms with Gasteiger partial charge in [0.15, 0.2) is 0 Å². The maximum Gasteiger partial charge on any atom is 0.246 e. The predicted molar refractivity (Wildman–Crippen MR) is 80.9 cm³/mol. The largest absolute Gasteiger partial charge is 0.335 e. The van der Waals surface area contributed by atoms with Crippen LogP contribution >= 0.6 is 0 Å². The Labute approximate surface area is 130 Å². The fraction of sp³-hybridized carbons (Fsp3) is 0.667. The summed E-state index contributed by atoms with van der Waals surface area (Å²) in [6, 6.07) is -0.338. The van der Waals surface area contributed by atoms with Gasteiger partial charge < -0.3 is 14.4 Å². The van der Waals surface area contributed by atoms with Gasteiger partial charge >= 0.3 is 0 Å². The second-order valence-corrected chi connectivity index (χ2v) is 6.07. The van der Waals surface area contributed by atoms with E-state index in [4.69, 9.17) is 0 Å². The molecule has 3 rings (SSSR count). The second-order valence-electron chi connectivity index (χ2n) is 6.07. The summed E-state index contributed by atoms with van der Waals surface area (Å²) in [5, 5.41) is 0. The van der Waals surface area contributed by atoms with Crippen LogP contribution in [0.2, 0.25) is 0 Å². The molecule has 3 heterocycles. The van der Waals surface area contributed by atoms with E-state index in [-0.39, 0.29) is 24.4 Å². The molecule has 2 saturated heterocycles. The summed E-state index contributed by atoms with van der Waals surface area (Å²) in [6.45, 7) is 6.03. The monoisotopic (exact) mass is 305 g/mol. The van der Waals surface area contributed by atoms with E-state index in [0.717, 1.165) is 31.9 Å². The lowest BCUT2D eigenvalue weighted by Crippen LogP contribution is -2.66. The summed E-state index contributed by atoms with van der Waals surface area (Å²) >= 11 is 0. The van der Waals surface area contributed by atoms with Crippen LogP contribution in [0, 0.1) is 0 Å². The van der Waals surface area contributed by atoms with Gasteiger partial charge in [0.1, 0.15) is 11.9 Å². The number of imidazole rings is 1. The third-order valence-electron chi connectivity index (χ3n) is 4.45. The molecule has 2 amide bonds. The average molecular weight is 305 g/mol. The zero-order valence-electron chi connectivity index (χ0n) is 13.2. The summed E-state index contributed by atoms with van der Waals surface area (Å²) in [7, 11) is 1.70. The molecule has 2 aliphatic rings. The Balaban J connectivity index is 1.69. The molecule has 1 aromatic rings. The molecule has 0 aliphatic carbocycles. The Morgan fingerprint density at radius 3 is 2.91 bits per heavy atom. The van der Waals surface area contributed by atoms with Crippen LogP contribution in [0.15, 0.2) is 12.4 Å². The molecule has 0 saturated carbocycles. The van der Waals surface area contributed by atoms with E-state index in [2.05, 4.69) is 21.4 Å². The summed E-state index contributed by atoms with van der Waals surface area (Å²) in [6.07, 6.45) is 4.89. The first-order chi connectivity index (χ1) is 10.6. The van der Waals surface area contributed by atoms with Crippen LogP contribution < -0.4 is 0 Å². The summed E-state index contributed by atoms with van der Waals surface area (Å²) < 4.78 is 2.16. The quantitative estimate of drug-likeness (QED) is 0.771. The van der Waals surface area contributed by atoms with Crippen LogP contribution in [-0.4, -0.2) is 75.3 Å². The van der Waals surface area contributed by atoms with Crippen LogP contribution in [0.5, 0.6) is 0 Å². The molecule has 0 radical (unpaired) electrons. The molecule has 2 fully saturated rings. The number of hydrogen-bond donors (Lipinski definition) is 0. The van der Waals surface area contributed by atoms with Gasteiger partial charge in [0.2, 0.25) is 11.8 Å². The number of carbonyl (C=O) groups is 2.